The molecule has 3 rings (SSSR count). The van der Waals surface area contributed by atoms with Crippen molar-refractivity contribution in [3.05, 3.63) is 46.6 Å². The van der Waals surface area contributed by atoms with Crippen LogP contribution in [-0.4, -0.2) is 16.2 Å². The van der Waals surface area contributed by atoms with Crippen molar-refractivity contribution in [1.82, 2.24) is 10.1 Å². The Balaban J connectivity index is 1.82. The number of hydrogen-bond donors (Lipinski definition) is 1. The molecule has 1 saturated carbocycles. The molecule has 0 amide bonds. The summed E-state index contributed by atoms with van der Waals surface area (Å²) in [5.74, 6) is 1.45. The number of nitrogens with two attached hydrogens (primary N) is 1. The van der Waals surface area contributed by atoms with Gasteiger partial charge in [0.25, 0.3) is 0 Å². The summed E-state index contributed by atoms with van der Waals surface area (Å²) in [6, 6.07) is 6.63. The third-order valence-corrected chi connectivity index (χ3v) is 4.63. The molecule has 1 heterocycles. The Hall–Kier alpha value is -1.68. The minimum Gasteiger partial charge on any atom is -0.339 e. The maximum atomic E-state index is 6.22. The number of aromatic nitrogens is 2. The number of hydrogen-bond acceptors (Lipinski definition) is 4. The summed E-state index contributed by atoms with van der Waals surface area (Å²) in [7, 11) is 0. The number of nitrogens with zero attached hydrogens (tertiary/aromatic N) is 2. The fourth-order valence-electron chi connectivity index (χ4n) is 3.37. The zero-order chi connectivity index (χ0) is 15.0. The van der Waals surface area contributed by atoms with Gasteiger partial charge in [0, 0.05) is 12.5 Å². The van der Waals surface area contributed by atoms with E-state index in [4.69, 9.17) is 10.3 Å². The maximum absolute atomic E-state index is 6.22. The fraction of sp³-hybridized carbons (Fsp3) is 0.529. The molecule has 2 unspecified atom stereocenters. The van der Waals surface area contributed by atoms with E-state index in [1.807, 2.05) is 0 Å². The first-order valence-corrected chi connectivity index (χ1v) is 7.63. The molecular weight excluding hydrogens is 262 g/mol. The van der Waals surface area contributed by atoms with Gasteiger partial charge in [0.05, 0.1) is 5.41 Å². The summed E-state index contributed by atoms with van der Waals surface area (Å²) in [6.45, 7) is 6.35. The highest BCUT2D eigenvalue weighted by molar-refractivity contribution is 5.30. The van der Waals surface area contributed by atoms with Crippen LogP contribution >= 0.6 is 0 Å². The molecule has 2 aromatic rings. The Kier molecular flexibility index (Phi) is 3.57. The lowest BCUT2D eigenvalue weighted by Gasteiger charge is -2.23. The van der Waals surface area contributed by atoms with E-state index in [9.17, 15) is 0 Å². The molecule has 4 heteroatoms. The number of rotatable bonds is 3. The predicted molar refractivity (Wildman–Crippen MR) is 82.2 cm³/mol. The van der Waals surface area contributed by atoms with Crippen molar-refractivity contribution >= 4 is 0 Å². The van der Waals surface area contributed by atoms with E-state index in [-0.39, 0.29) is 11.5 Å². The first-order chi connectivity index (χ1) is 9.97. The normalized spacial score (nSPS) is 25.4. The Morgan fingerprint density at radius 2 is 2.00 bits per heavy atom. The van der Waals surface area contributed by atoms with E-state index in [2.05, 4.69) is 49.1 Å². The summed E-state index contributed by atoms with van der Waals surface area (Å²) >= 11 is 0. The second-order valence-corrected chi connectivity index (χ2v) is 6.60. The van der Waals surface area contributed by atoms with Gasteiger partial charge < -0.3 is 10.3 Å². The minimum atomic E-state index is -0.159. The molecule has 112 valence electrons. The van der Waals surface area contributed by atoms with Crippen molar-refractivity contribution < 1.29 is 4.52 Å². The second-order valence-electron chi connectivity index (χ2n) is 6.60. The van der Waals surface area contributed by atoms with E-state index >= 15 is 0 Å². The maximum Gasteiger partial charge on any atom is 0.234 e. The fourth-order valence-corrected chi connectivity index (χ4v) is 3.37. The van der Waals surface area contributed by atoms with Gasteiger partial charge in [-0.15, -0.1) is 0 Å². The molecule has 0 saturated heterocycles. The van der Waals surface area contributed by atoms with Crippen LogP contribution in [0.2, 0.25) is 0 Å². The van der Waals surface area contributed by atoms with Gasteiger partial charge in [-0.2, -0.15) is 4.98 Å². The summed E-state index contributed by atoms with van der Waals surface area (Å²) in [5, 5.41) is 4.15. The molecule has 2 atom stereocenters. The molecule has 1 aromatic heterocycles. The molecule has 0 aliphatic heterocycles. The molecular formula is C17H23N3O. The zero-order valence-electron chi connectivity index (χ0n) is 13.0. The molecule has 1 aromatic carbocycles. The highest BCUT2D eigenvalue weighted by atomic mass is 16.5. The van der Waals surface area contributed by atoms with Crippen LogP contribution in [0, 0.1) is 13.8 Å². The van der Waals surface area contributed by atoms with Crippen LogP contribution in [0.25, 0.3) is 0 Å². The summed E-state index contributed by atoms with van der Waals surface area (Å²) in [5.41, 5.74) is 9.81. The van der Waals surface area contributed by atoms with Crippen molar-refractivity contribution in [2.24, 2.45) is 5.73 Å². The van der Waals surface area contributed by atoms with Crippen molar-refractivity contribution in [2.45, 2.75) is 57.9 Å². The van der Waals surface area contributed by atoms with Crippen molar-refractivity contribution in [1.29, 1.82) is 0 Å². The van der Waals surface area contributed by atoms with Crippen LogP contribution in [-0.2, 0) is 11.8 Å². The molecule has 0 spiro atoms. The van der Waals surface area contributed by atoms with Gasteiger partial charge in [-0.25, -0.2) is 0 Å². The average Bonchev–Trinajstić information content (AvgIpc) is 2.97. The van der Waals surface area contributed by atoms with Gasteiger partial charge in [0.15, 0.2) is 5.82 Å². The second kappa shape index (κ2) is 5.26. The first kappa shape index (κ1) is 14.3. The van der Waals surface area contributed by atoms with Crippen LogP contribution in [0.3, 0.4) is 0 Å². The van der Waals surface area contributed by atoms with Gasteiger partial charge in [-0.1, -0.05) is 40.9 Å². The van der Waals surface area contributed by atoms with Crippen LogP contribution in [0.4, 0.5) is 0 Å². The predicted octanol–water partition coefficient (Wildman–Crippen LogP) is 3.05. The first-order valence-electron chi connectivity index (χ1n) is 7.63. The van der Waals surface area contributed by atoms with E-state index in [0.29, 0.717) is 12.3 Å². The van der Waals surface area contributed by atoms with Gasteiger partial charge in [0.2, 0.25) is 5.89 Å². The largest absolute Gasteiger partial charge is 0.339 e. The molecule has 21 heavy (non-hydrogen) atoms. The standard InChI is InChI=1S/C17H23N3O/c1-11-7-12(2)9-13(8-11)10-15-19-16(21-20-15)17(3)6-4-5-14(17)18/h7-9,14H,4-6,10,18H2,1-3H3. The number of aryl methyl sites for hydroxylation is 2. The molecule has 0 bridgehead atoms. The SMILES string of the molecule is Cc1cc(C)cc(Cc2noc(C3(C)CCCC3N)n2)c1. The lowest BCUT2D eigenvalue weighted by molar-refractivity contribution is 0.276. The van der Waals surface area contributed by atoms with Gasteiger partial charge in [-0.05, 0) is 39.2 Å². The third kappa shape index (κ3) is 2.72. The zero-order valence-corrected chi connectivity index (χ0v) is 13.0. The summed E-state index contributed by atoms with van der Waals surface area (Å²) in [4.78, 5) is 4.61. The highest BCUT2D eigenvalue weighted by Gasteiger charge is 2.42. The molecule has 1 aliphatic carbocycles. The van der Waals surface area contributed by atoms with Gasteiger partial charge in [-0.3, -0.25) is 0 Å². The van der Waals surface area contributed by atoms with E-state index in [0.717, 1.165) is 25.1 Å². The Morgan fingerprint density at radius 3 is 2.62 bits per heavy atom. The molecule has 4 nitrogen and oxygen atoms in total. The van der Waals surface area contributed by atoms with Gasteiger partial charge in [0.1, 0.15) is 0 Å². The Bertz CT molecular complexity index is 629. The minimum absolute atomic E-state index is 0.118. The smallest absolute Gasteiger partial charge is 0.234 e. The lowest BCUT2D eigenvalue weighted by atomic mass is 9.85. The number of benzene rings is 1. The molecule has 0 radical (unpaired) electrons. The summed E-state index contributed by atoms with van der Waals surface area (Å²) in [6.07, 6.45) is 3.90. The quantitative estimate of drug-likeness (QED) is 0.941. The van der Waals surface area contributed by atoms with Crippen LogP contribution in [0.1, 0.15) is 54.6 Å². The van der Waals surface area contributed by atoms with Crippen LogP contribution < -0.4 is 5.73 Å². The molecule has 2 N–H and O–H groups in total. The van der Waals surface area contributed by atoms with Gasteiger partial charge >= 0.3 is 0 Å². The average molecular weight is 285 g/mol. The van der Waals surface area contributed by atoms with Crippen LogP contribution in [0.5, 0.6) is 0 Å². The van der Waals surface area contributed by atoms with Crippen molar-refractivity contribution in [3.8, 4) is 0 Å². The van der Waals surface area contributed by atoms with Crippen molar-refractivity contribution in [2.75, 3.05) is 0 Å². The van der Waals surface area contributed by atoms with E-state index in [1.165, 1.54) is 16.7 Å². The summed E-state index contributed by atoms with van der Waals surface area (Å²) < 4.78 is 5.51. The van der Waals surface area contributed by atoms with E-state index in [1.54, 1.807) is 0 Å². The topological polar surface area (TPSA) is 64.9 Å². The molecule has 1 aliphatic rings. The van der Waals surface area contributed by atoms with E-state index < -0.39 is 0 Å². The highest BCUT2D eigenvalue weighted by Crippen LogP contribution is 2.38. The molecule has 1 fully saturated rings. The lowest BCUT2D eigenvalue weighted by Crippen LogP contribution is -2.38. The Morgan fingerprint density at radius 1 is 1.29 bits per heavy atom. The monoisotopic (exact) mass is 285 g/mol. The van der Waals surface area contributed by atoms with Crippen molar-refractivity contribution in [3.63, 3.8) is 0 Å². The van der Waals surface area contributed by atoms with Crippen LogP contribution in [0.15, 0.2) is 22.7 Å². The Labute approximate surface area is 125 Å². The third-order valence-electron chi connectivity index (χ3n) is 4.63.